The number of rotatable bonds is 0. The minimum absolute atomic E-state index is 0.884. The normalized spacial score (nSPS) is 11.8. The highest BCUT2D eigenvalue weighted by Gasteiger charge is 2.09. The van der Waals surface area contributed by atoms with Crippen molar-refractivity contribution in [3.8, 4) is 0 Å². The van der Waals surface area contributed by atoms with Crippen LogP contribution >= 0.6 is 0 Å². The summed E-state index contributed by atoms with van der Waals surface area (Å²) >= 11 is 0. The molecule has 4 heteroatoms. The molecule has 0 aliphatic carbocycles. The van der Waals surface area contributed by atoms with E-state index >= 15 is 0 Å². The average Bonchev–Trinajstić information content (AvgIpc) is 2.59. The van der Waals surface area contributed by atoms with Crippen molar-refractivity contribution in [1.29, 1.82) is 0 Å². The molecule has 0 N–H and O–H groups in total. The van der Waals surface area contributed by atoms with Crippen molar-refractivity contribution in [2.75, 3.05) is 0 Å². The number of fused-ring (bicyclic) bond motifs is 6. The average molecular weight is 310 g/mol. The lowest BCUT2D eigenvalue weighted by Crippen LogP contribution is -1.92. The summed E-state index contributed by atoms with van der Waals surface area (Å²) in [6.45, 7) is 4.04. The Bertz CT molecular complexity index is 1270. The monoisotopic (exact) mass is 310 g/mol. The molecule has 0 aliphatic rings. The van der Waals surface area contributed by atoms with Crippen LogP contribution in [0.1, 0.15) is 11.3 Å². The van der Waals surface area contributed by atoms with Crippen LogP contribution in [-0.2, 0) is 0 Å². The van der Waals surface area contributed by atoms with Crippen LogP contribution < -0.4 is 0 Å². The Morgan fingerprint density at radius 3 is 2.08 bits per heavy atom. The van der Waals surface area contributed by atoms with E-state index < -0.39 is 0 Å². The SMILES string of the molecule is Cc1cnc2ccc3nc4c(ccc5nc(C)ccc54)nc3c2c1. The smallest absolute Gasteiger partial charge is 0.0988 e. The predicted molar refractivity (Wildman–Crippen MR) is 97.1 cm³/mol. The maximum atomic E-state index is 4.89. The second-order valence-corrected chi connectivity index (χ2v) is 6.19. The molecule has 4 nitrogen and oxygen atoms in total. The van der Waals surface area contributed by atoms with E-state index in [1.54, 1.807) is 0 Å². The summed E-state index contributed by atoms with van der Waals surface area (Å²) in [4.78, 5) is 18.9. The second kappa shape index (κ2) is 4.68. The Hall–Kier alpha value is -3.14. The molecule has 2 aromatic carbocycles. The number of pyridine rings is 2. The van der Waals surface area contributed by atoms with Gasteiger partial charge in [0.1, 0.15) is 0 Å². The van der Waals surface area contributed by atoms with E-state index in [-0.39, 0.29) is 0 Å². The maximum absolute atomic E-state index is 4.89. The Kier molecular flexibility index (Phi) is 2.59. The van der Waals surface area contributed by atoms with E-state index in [4.69, 9.17) is 9.97 Å². The van der Waals surface area contributed by atoms with Crippen molar-refractivity contribution in [3.05, 3.63) is 59.9 Å². The molecule has 0 saturated heterocycles. The first kappa shape index (κ1) is 13.3. The molecule has 0 amide bonds. The van der Waals surface area contributed by atoms with Crippen molar-refractivity contribution in [3.63, 3.8) is 0 Å². The van der Waals surface area contributed by atoms with Gasteiger partial charge in [-0.15, -0.1) is 0 Å². The molecular formula is C20H14N4. The zero-order valence-electron chi connectivity index (χ0n) is 13.4. The van der Waals surface area contributed by atoms with Crippen LogP contribution in [0, 0.1) is 13.8 Å². The van der Waals surface area contributed by atoms with Gasteiger partial charge in [0.05, 0.1) is 33.1 Å². The van der Waals surface area contributed by atoms with Gasteiger partial charge in [-0.1, -0.05) is 0 Å². The Labute approximate surface area is 138 Å². The molecule has 5 rings (SSSR count). The van der Waals surface area contributed by atoms with Gasteiger partial charge < -0.3 is 0 Å². The number of aromatic nitrogens is 4. The summed E-state index contributed by atoms with van der Waals surface area (Å²) in [5.41, 5.74) is 7.58. The van der Waals surface area contributed by atoms with Crippen molar-refractivity contribution in [2.45, 2.75) is 13.8 Å². The highest BCUT2D eigenvalue weighted by molar-refractivity contribution is 6.09. The molecule has 3 heterocycles. The van der Waals surface area contributed by atoms with Crippen molar-refractivity contribution >= 4 is 43.9 Å². The Morgan fingerprint density at radius 2 is 1.29 bits per heavy atom. The van der Waals surface area contributed by atoms with Crippen LogP contribution in [0.5, 0.6) is 0 Å². The van der Waals surface area contributed by atoms with Gasteiger partial charge >= 0.3 is 0 Å². The van der Waals surface area contributed by atoms with Gasteiger partial charge in [0, 0.05) is 22.7 Å². The summed E-state index contributed by atoms with van der Waals surface area (Å²) in [6, 6.07) is 14.2. The van der Waals surface area contributed by atoms with Crippen LogP contribution in [0.3, 0.4) is 0 Å². The highest BCUT2D eigenvalue weighted by Crippen LogP contribution is 2.27. The van der Waals surface area contributed by atoms with Gasteiger partial charge in [0.25, 0.3) is 0 Å². The summed E-state index contributed by atoms with van der Waals surface area (Å²) < 4.78 is 0. The number of hydrogen-bond donors (Lipinski definition) is 0. The fourth-order valence-corrected chi connectivity index (χ4v) is 3.21. The standard InChI is InChI=1S/C20H14N4/c1-11-9-14-15(21-10-11)5-7-18-20(14)24-17-8-6-16-13(19(17)23-18)4-3-12(2)22-16/h3-10H,1-2H3. The summed E-state index contributed by atoms with van der Waals surface area (Å²) in [5, 5.41) is 2.08. The topological polar surface area (TPSA) is 51.6 Å². The molecule has 0 spiro atoms. The first-order chi connectivity index (χ1) is 11.7. The molecule has 0 unspecified atom stereocenters. The molecule has 0 bridgehead atoms. The number of hydrogen-bond acceptors (Lipinski definition) is 4. The first-order valence-electron chi connectivity index (χ1n) is 7.92. The maximum Gasteiger partial charge on any atom is 0.0988 e. The van der Waals surface area contributed by atoms with E-state index in [9.17, 15) is 0 Å². The largest absolute Gasteiger partial charge is 0.256 e. The molecule has 5 aromatic rings. The number of aryl methyl sites for hydroxylation is 2. The first-order valence-corrected chi connectivity index (χ1v) is 7.92. The molecule has 24 heavy (non-hydrogen) atoms. The van der Waals surface area contributed by atoms with E-state index in [0.29, 0.717) is 0 Å². The third kappa shape index (κ3) is 1.86. The molecule has 114 valence electrons. The zero-order chi connectivity index (χ0) is 16.3. The van der Waals surface area contributed by atoms with Gasteiger partial charge in [-0.2, -0.15) is 0 Å². The van der Waals surface area contributed by atoms with Crippen molar-refractivity contribution in [1.82, 2.24) is 19.9 Å². The van der Waals surface area contributed by atoms with Crippen LogP contribution in [0.4, 0.5) is 0 Å². The fourth-order valence-electron chi connectivity index (χ4n) is 3.21. The molecule has 0 saturated carbocycles. The van der Waals surface area contributed by atoms with Gasteiger partial charge in [0.15, 0.2) is 0 Å². The summed E-state index contributed by atoms with van der Waals surface area (Å²) in [5.74, 6) is 0. The van der Waals surface area contributed by atoms with Gasteiger partial charge in [0.2, 0.25) is 0 Å². The number of benzene rings is 2. The Balaban J connectivity index is 1.97. The van der Waals surface area contributed by atoms with E-state index in [0.717, 1.165) is 55.1 Å². The van der Waals surface area contributed by atoms with E-state index in [1.807, 2.05) is 50.4 Å². The van der Waals surface area contributed by atoms with Crippen LogP contribution in [0.2, 0.25) is 0 Å². The lowest BCUT2D eigenvalue weighted by Gasteiger charge is -2.07. The van der Waals surface area contributed by atoms with Crippen molar-refractivity contribution in [2.24, 2.45) is 0 Å². The molecule has 0 atom stereocenters. The summed E-state index contributed by atoms with van der Waals surface area (Å²) in [6.07, 6.45) is 1.88. The zero-order valence-corrected chi connectivity index (χ0v) is 13.4. The van der Waals surface area contributed by atoms with Crippen molar-refractivity contribution < 1.29 is 0 Å². The van der Waals surface area contributed by atoms with Gasteiger partial charge in [-0.05, 0) is 61.9 Å². The predicted octanol–water partition coefficient (Wildman–Crippen LogP) is 4.50. The van der Waals surface area contributed by atoms with E-state index in [2.05, 4.69) is 22.1 Å². The summed E-state index contributed by atoms with van der Waals surface area (Å²) in [7, 11) is 0. The van der Waals surface area contributed by atoms with E-state index in [1.165, 1.54) is 0 Å². The highest BCUT2D eigenvalue weighted by atomic mass is 14.8. The van der Waals surface area contributed by atoms with Gasteiger partial charge in [-0.3, -0.25) is 9.97 Å². The quantitative estimate of drug-likeness (QED) is 0.312. The minimum Gasteiger partial charge on any atom is -0.256 e. The fraction of sp³-hybridized carbons (Fsp3) is 0.100. The van der Waals surface area contributed by atoms with Crippen LogP contribution in [0.15, 0.2) is 48.7 Å². The van der Waals surface area contributed by atoms with Crippen LogP contribution in [-0.4, -0.2) is 19.9 Å². The van der Waals surface area contributed by atoms with Gasteiger partial charge in [-0.25, -0.2) is 9.97 Å². The molecule has 0 fully saturated rings. The number of nitrogens with zero attached hydrogens (tertiary/aromatic N) is 4. The second-order valence-electron chi connectivity index (χ2n) is 6.19. The minimum atomic E-state index is 0.884. The van der Waals surface area contributed by atoms with Crippen LogP contribution in [0.25, 0.3) is 43.9 Å². The Morgan fingerprint density at radius 1 is 0.625 bits per heavy atom. The lowest BCUT2D eigenvalue weighted by molar-refractivity contribution is 1.25. The molecule has 3 aromatic heterocycles. The molecule has 0 aliphatic heterocycles. The molecule has 0 radical (unpaired) electrons. The third-order valence-corrected chi connectivity index (χ3v) is 4.38. The molecular weight excluding hydrogens is 296 g/mol. The lowest BCUT2D eigenvalue weighted by atomic mass is 10.1. The third-order valence-electron chi connectivity index (χ3n) is 4.38.